The standard InChI is InChI=1S/C16H23N3O3/c1-11-13(14(22-18-11)12-7-6-8-21-12)15(20)17-9-16(2,3)10-19(4)5/h6-8H,9-10H2,1-5H3,(H,17,20). The van der Waals surface area contributed by atoms with Crippen molar-refractivity contribution in [2.24, 2.45) is 5.41 Å². The fourth-order valence-electron chi connectivity index (χ4n) is 2.53. The predicted molar refractivity (Wildman–Crippen MR) is 83.6 cm³/mol. The zero-order valence-electron chi connectivity index (χ0n) is 13.8. The average molecular weight is 305 g/mol. The molecule has 2 aromatic heterocycles. The lowest BCUT2D eigenvalue weighted by Gasteiger charge is -2.28. The Bertz CT molecular complexity index is 627. The number of carbonyl (C=O) groups is 1. The van der Waals surface area contributed by atoms with Crippen LogP contribution in [-0.4, -0.2) is 43.1 Å². The van der Waals surface area contributed by atoms with Crippen LogP contribution >= 0.6 is 0 Å². The number of furan rings is 1. The van der Waals surface area contributed by atoms with E-state index in [1.807, 2.05) is 14.1 Å². The molecule has 0 radical (unpaired) electrons. The Balaban J connectivity index is 2.12. The van der Waals surface area contributed by atoms with Crippen molar-refractivity contribution in [3.63, 3.8) is 0 Å². The highest BCUT2D eigenvalue weighted by molar-refractivity contribution is 6.00. The van der Waals surface area contributed by atoms with E-state index in [4.69, 9.17) is 8.94 Å². The first kappa shape index (κ1) is 16.3. The molecule has 0 fully saturated rings. The van der Waals surface area contributed by atoms with Crippen LogP contribution in [0, 0.1) is 12.3 Å². The molecule has 0 unspecified atom stereocenters. The second kappa shape index (κ2) is 6.36. The van der Waals surface area contributed by atoms with E-state index in [1.165, 1.54) is 6.26 Å². The second-order valence-electron chi connectivity index (χ2n) is 6.53. The molecule has 2 aromatic rings. The molecule has 0 spiro atoms. The van der Waals surface area contributed by atoms with Gasteiger partial charge in [0.2, 0.25) is 5.76 Å². The van der Waals surface area contributed by atoms with Crippen molar-refractivity contribution in [2.75, 3.05) is 27.2 Å². The van der Waals surface area contributed by atoms with Gasteiger partial charge >= 0.3 is 0 Å². The molecule has 1 N–H and O–H groups in total. The van der Waals surface area contributed by atoms with E-state index in [9.17, 15) is 4.79 Å². The number of amides is 1. The Morgan fingerprint density at radius 1 is 1.41 bits per heavy atom. The van der Waals surface area contributed by atoms with E-state index < -0.39 is 0 Å². The lowest BCUT2D eigenvalue weighted by molar-refractivity contribution is 0.0928. The molecule has 0 aliphatic carbocycles. The summed E-state index contributed by atoms with van der Waals surface area (Å²) in [5, 5.41) is 6.85. The number of hydrogen-bond acceptors (Lipinski definition) is 5. The molecular weight excluding hydrogens is 282 g/mol. The molecule has 6 nitrogen and oxygen atoms in total. The summed E-state index contributed by atoms with van der Waals surface area (Å²) >= 11 is 0. The molecule has 22 heavy (non-hydrogen) atoms. The molecule has 0 saturated heterocycles. The topological polar surface area (TPSA) is 71.5 Å². The number of aromatic nitrogens is 1. The summed E-state index contributed by atoms with van der Waals surface area (Å²) in [4.78, 5) is 14.6. The summed E-state index contributed by atoms with van der Waals surface area (Å²) in [5.41, 5.74) is 0.944. The molecular formula is C16H23N3O3. The summed E-state index contributed by atoms with van der Waals surface area (Å²) in [7, 11) is 4.03. The van der Waals surface area contributed by atoms with E-state index >= 15 is 0 Å². The van der Waals surface area contributed by atoms with Gasteiger partial charge in [-0.1, -0.05) is 19.0 Å². The van der Waals surface area contributed by atoms with Crippen LogP contribution < -0.4 is 5.32 Å². The molecule has 120 valence electrons. The third kappa shape index (κ3) is 3.76. The number of carbonyl (C=O) groups excluding carboxylic acids is 1. The quantitative estimate of drug-likeness (QED) is 0.888. The molecule has 0 aliphatic heterocycles. The van der Waals surface area contributed by atoms with Gasteiger partial charge in [-0.2, -0.15) is 0 Å². The van der Waals surface area contributed by atoms with Crippen LogP contribution in [0.3, 0.4) is 0 Å². The highest BCUT2D eigenvalue weighted by atomic mass is 16.5. The zero-order valence-corrected chi connectivity index (χ0v) is 13.8. The molecule has 0 aromatic carbocycles. The Labute approximate surface area is 130 Å². The van der Waals surface area contributed by atoms with Crippen molar-refractivity contribution in [1.82, 2.24) is 15.4 Å². The summed E-state index contributed by atoms with van der Waals surface area (Å²) < 4.78 is 10.5. The Kier molecular flexibility index (Phi) is 4.71. The van der Waals surface area contributed by atoms with Crippen LogP contribution in [0.2, 0.25) is 0 Å². The molecule has 0 saturated carbocycles. The van der Waals surface area contributed by atoms with Gasteiger partial charge < -0.3 is 19.2 Å². The van der Waals surface area contributed by atoms with Crippen molar-refractivity contribution in [1.29, 1.82) is 0 Å². The second-order valence-corrected chi connectivity index (χ2v) is 6.53. The summed E-state index contributed by atoms with van der Waals surface area (Å²) in [6.45, 7) is 7.41. The summed E-state index contributed by atoms with van der Waals surface area (Å²) in [6.07, 6.45) is 1.54. The molecule has 6 heteroatoms. The van der Waals surface area contributed by atoms with Crippen LogP contribution in [0.4, 0.5) is 0 Å². The van der Waals surface area contributed by atoms with E-state index in [1.54, 1.807) is 19.1 Å². The van der Waals surface area contributed by atoms with Gasteiger partial charge in [0, 0.05) is 13.1 Å². The number of aryl methyl sites for hydroxylation is 1. The Hall–Kier alpha value is -2.08. The van der Waals surface area contributed by atoms with Gasteiger partial charge in [0.1, 0.15) is 5.56 Å². The van der Waals surface area contributed by atoms with Gasteiger partial charge in [-0.25, -0.2) is 0 Å². The highest BCUT2D eigenvalue weighted by Gasteiger charge is 2.26. The number of nitrogens with zero attached hydrogens (tertiary/aromatic N) is 2. The maximum atomic E-state index is 12.5. The summed E-state index contributed by atoms with van der Waals surface area (Å²) in [6, 6.07) is 3.49. The van der Waals surface area contributed by atoms with Crippen LogP contribution in [0.25, 0.3) is 11.5 Å². The first-order valence-electron chi connectivity index (χ1n) is 7.23. The third-order valence-corrected chi connectivity index (χ3v) is 3.31. The average Bonchev–Trinajstić information content (AvgIpc) is 3.03. The first-order chi connectivity index (χ1) is 10.3. The lowest BCUT2D eigenvalue weighted by Crippen LogP contribution is -2.40. The van der Waals surface area contributed by atoms with E-state index in [2.05, 4.69) is 29.2 Å². The summed E-state index contributed by atoms with van der Waals surface area (Å²) in [5.74, 6) is 0.667. The smallest absolute Gasteiger partial charge is 0.257 e. The highest BCUT2D eigenvalue weighted by Crippen LogP contribution is 2.26. The first-order valence-corrected chi connectivity index (χ1v) is 7.23. The van der Waals surface area contributed by atoms with Crippen molar-refractivity contribution >= 4 is 5.91 Å². The monoisotopic (exact) mass is 305 g/mol. The van der Waals surface area contributed by atoms with Crippen molar-refractivity contribution in [3.05, 3.63) is 29.7 Å². The van der Waals surface area contributed by atoms with E-state index in [0.29, 0.717) is 29.3 Å². The van der Waals surface area contributed by atoms with Crippen LogP contribution in [-0.2, 0) is 0 Å². The van der Waals surface area contributed by atoms with Gasteiger partial charge in [-0.3, -0.25) is 4.79 Å². The number of rotatable bonds is 6. The molecule has 0 bridgehead atoms. The normalized spacial score (nSPS) is 11.9. The number of nitrogens with one attached hydrogen (secondary N) is 1. The SMILES string of the molecule is Cc1noc(-c2ccco2)c1C(=O)NCC(C)(C)CN(C)C. The van der Waals surface area contributed by atoms with Crippen molar-refractivity contribution in [2.45, 2.75) is 20.8 Å². The maximum absolute atomic E-state index is 12.5. The van der Waals surface area contributed by atoms with Crippen LogP contribution in [0.15, 0.2) is 27.3 Å². The van der Waals surface area contributed by atoms with Crippen LogP contribution in [0.1, 0.15) is 29.9 Å². The number of hydrogen-bond donors (Lipinski definition) is 1. The third-order valence-electron chi connectivity index (χ3n) is 3.31. The minimum Gasteiger partial charge on any atom is -0.461 e. The fraction of sp³-hybridized carbons (Fsp3) is 0.500. The van der Waals surface area contributed by atoms with Crippen LogP contribution in [0.5, 0.6) is 0 Å². The van der Waals surface area contributed by atoms with E-state index in [0.717, 1.165) is 6.54 Å². The van der Waals surface area contributed by atoms with Gasteiger partial charge in [-0.05, 0) is 38.6 Å². The van der Waals surface area contributed by atoms with Gasteiger partial charge in [0.15, 0.2) is 5.76 Å². The van der Waals surface area contributed by atoms with E-state index in [-0.39, 0.29) is 11.3 Å². The Morgan fingerprint density at radius 3 is 2.73 bits per heavy atom. The van der Waals surface area contributed by atoms with Gasteiger partial charge in [0.25, 0.3) is 5.91 Å². The lowest BCUT2D eigenvalue weighted by atomic mass is 9.93. The maximum Gasteiger partial charge on any atom is 0.257 e. The largest absolute Gasteiger partial charge is 0.461 e. The Morgan fingerprint density at radius 2 is 2.14 bits per heavy atom. The molecule has 1 amide bonds. The molecule has 2 rings (SSSR count). The minimum absolute atomic E-state index is 0.0327. The minimum atomic E-state index is -0.197. The molecule has 2 heterocycles. The molecule has 0 atom stereocenters. The van der Waals surface area contributed by atoms with Crippen molar-refractivity contribution in [3.8, 4) is 11.5 Å². The molecule has 0 aliphatic rings. The van der Waals surface area contributed by atoms with Gasteiger partial charge in [0.05, 0.1) is 12.0 Å². The fourth-order valence-corrected chi connectivity index (χ4v) is 2.53. The van der Waals surface area contributed by atoms with Gasteiger partial charge in [-0.15, -0.1) is 0 Å². The zero-order chi connectivity index (χ0) is 16.3. The van der Waals surface area contributed by atoms with Crippen molar-refractivity contribution < 1.29 is 13.7 Å². The predicted octanol–water partition coefficient (Wildman–Crippen LogP) is 2.56.